The van der Waals surface area contributed by atoms with Gasteiger partial charge in [-0.1, -0.05) is 17.7 Å². The minimum atomic E-state index is -0.126. The first-order valence-corrected chi connectivity index (χ1v) is 8.89. The van der Waals surface area contributed by atoms with E-state index in [-0.39, 0.29) is 12.3 Å². The molecule has 3 heterocycles. The average molecular weight is 382 g/mol. The van der Waals surface area contributed by atoms with Crippen LogP contribution in [0.3, 0.4) is 0 Å². The second kappa shape index (κ2) is 7.21. The maximum atomic E-state index is 11.9. The van der Waals surface area contributed by atoms with Gasteiger partial charge in [0.25, 0.3) is 0 Å². The number of carbonyl (C=O) groups excluding carboxylic acids is 1. The summed E-state index contributed by atoms with van der Waals surface area (Å²) in [4.78, 5) is 24.5. The van der Waals surface area contributed by atoms with Gasteiger partial charge < -0.3 is 9.80 Å². The number of nitriles is 1. The smallest absolute Gasteiger partial charge is 0.236 e. The highest BCUT2D eigenvalue weighted by Gasteiger charge is 2.24. The topological polar surface area (TPSA) is 90.9 Å². The minimum Gasteiger partial charge on any atom is -0.352 e. The Balaban J connectivity index is 1.61. The van der Waals surface area contributed by atoms with Crippen molar-refractivity contribution < 1.29 is 4.79 Å². The summed E-state index contributed by atoms with van der Waals surface area (Å²) in [5.41, 5.74) is 1.53. The zero-order valence-electron chi connectivity index (χ0n) is 14.4. The summed E-state index contributed by atoms with van der Waals surface area (Å²) in [7, 11) is 0. The predicted octanol–water partition coefficient (Wildman–Crippen LogP) is 2.03. The monoisotopic (exact) mass is 381 g/mol. The molecule has 0 spiro atoms. The molecular weight excluding hydrogens is 366 g/mol. The van der Waals surface area contributed by atoms with E-state index < -0.39 is 0 Å². The van der Waals surface area contributed by atoms with Crippen LogP contribution < -0.4 is 4.90 Å². The third-order valence-electron chi connectivity index (χ3n) is 4.56. The lowest BCUT2D eigenvalue weighted by Crippen LogP contribution is -2.49. The lowest BCUT2D eigenvalue weighted by Gasteiger charge is -2.35. The van der Waals surface area contributed by atoms with Crippen molar-refractivity contribution in [3.8, 4) is 11.8 Å². The standard InChI is InChI=1S/C18H16ClN7O/c19-13-2-1-3-14(10-13)26-18-15(11-23-26)17(21-12-22-18)25-8-6-24(7-9-25)16(27)4-5-20/h1-3,10-12H,4,6-9H2. The Morgan fingerprint density at radius 2 is 2.04 bits per heavy atom. The molecule has 0 unspecified atom stereocenters. The van der Waals surface area contributed by atoms with Gasteiger partial charge in [0.15, 0.2) is 5.65 Å². The van der Waals surface area contributed by atoms with E-state index in [9.17, 15) is 4.79 Å². The normalized spacial score (nSPS) is 14.4. The molecule has 1 aromatic carbocycles. The third kappa shape index (κ3) is 3.29. The Bertz CT molecular complexity index is 1030. The van der Waals surface area contributed by atoms with Crippen LogP contribution in [0.5, 0.6) is 0 Å². The fraction of sp³-hybridized carbons (Fsp3) is 0.278. The number of halogens is 1. The summed E-state index contributed by atoms with van der Waals surface area (Å²) in [6.45, 7) is 2.42. The van der Waals surface area contributed by atoms with Gasteiger partial charge in [-0.2, -0.15) is 10.4 Å². The molecule has 9 heteroatoms. The molecule has 0 radical (unpaired) electrons. The van der Waals surface area contributed by atoms with Gasteiger partial charge in [-0.25, -0.2) is 14.6 Å². The van der Waals surface area contributed by atoms with Gasteiger partial charge in [0.05, 0.1) is 23.3 Å². The number of anilines is 1. The largest absolute Gasteiger partial charge is 0.352 e. The average Bonchev–Trinajstić information content (AvgIpc) is 3.12. The van der Waals surface area contributed by atoms with E-state index in [0.29, 0.717) is 36.8 Å². The molecule has 27 heavy (non-hydrogen) atoms. The number of hydrogen-bond acceptors (Lipinski definition) is 6. The molecule has 0 N–H and O–H groups in total. The summed E-state index contributed by atoms with van der Waals surface area (Å²) in [6, 6.07) is 9.33. The zero-order chi connectivity index (χ0) is 18.8. The van der Waals surface area contributed by atoms with Crippen LogP contribution in [-0.4, -0.2) is 56.7 Å². The Kier molecular flexibility index (Phi) is 4.60. The Morgan fingerprint density at radius 1 is 1.22 bits per heavy atom. The van der Waals surface area contributed by atoms with Crippen molar-refractivity contribution in [1.82, 2.24) is 24.6 Å². The zero-order valence-corrected chi connectivity index (χ0v) is 15.2. The van der Waals surface area contributed by atoms with E-state index in [0.717, 1.165) is 16.9 Å². The van der Waals surface area contributed by atoms with E-state index in [4.69, 9.17) is 16.9 Å². The van der Waals surface area contributed by atoms with Crippen molar-refractivity contribution >= 4 is 34.4 Å². The van der Waals surface area contributed by atoms with Gasteiger partial charge in [0.1, 0.15) is 18.6 Å². The third-order valence-corrected chi connectivity index (χ3v) is 4.79. The lowest BCUT2D eigenvalue weighted by atomic mass is 10.2. The number of aromatic nitrogens is 4. The fourth-order valence-corrected chi connectivity index (χ4v) is 3.41. The van der Waals surface area contributed by atoms with Crippen LogP contribution in [0.15, 0.2) is 36.8 Å². The molecule has 136 valence electrons. The van der Waals surface area contributed by atoms with Crippen LogP contribution in [0.4, 0.5) is 5.82 Å². The molecule has 1 aliphatic heterocycles. The molecular formula is C18H16ClN7O. The van der Waals surface area contributed by atoms with Crippen LogP contribution in [0.1, 0.15) is 6.42 Å². The fourth-order valence-electron chi connectivity index (χ4n) is 3.23. The number of hydrogen-bond donors (Lipinski definition) is 0. The van der Waals surface area contributed by atoms with Crippen LogP contribution in [0.25, 0.3) is 16.7 Å². The highest BCUT2D eigenvalue weighted by atomic mass is 35.5. The summed E-state index contributed by atoms with van der Waals surface area (Å²) in [6.07, 6.45) is 3.19. The number of piperazine rings is 1. The van der Waals surface area contributed by atoms with Crippen molar-refractivity contribution in [2.75, 3.05) is 31.1 Å². The summed E-state index contributed by atoms with van der Waals surface area (Å²) < 4.78 is 1.74. The maximum Gasteiger partial charge on any atom is 0.236 e. The molecule has 2 aromatic heterocycles. The molecule has 4 rings (SSSR count). The van der Waals surface area contributed by atoms with Crippen molar-refractivity contribution in [3.63, 3.8) is 0 Å². The Morgan fingerprint density at radius 3 is 2.78 bits per heavy atom. The second-order valence-corrected chi connectivity index (χ2v) is 6.61. The SMILES string of the molecule is N#CCC(=O)N1CCN(c2ncnc3c2cnn3-c2cccc(Cl)c2)CC1. The predicted molar refractivity (Wildman–Crippen MR) is 101 cm³/mol. The summed E-state index contributed by atoms with van der Waals surface area (Å²) in [5, 5.41) is 14.6. The quantitative estimate of drug-likeness (QED) is 0.689. The van der Waals surface area contributed by atoms with Gasteiger partial charge in [-0.05, 0) is 18.2 Å². The highest BCUT2D eigenvalue weighted by molar-refractivity contribution is 6.30. The summed E-state index contributed by atoms with van der Waals surface area (Å²) >= 11 is 6.09. The number of fused-ring (bicyclic) bond motifs is 1. The molecule has 8 nitrogen and oxygen atoms in total. The van der Waals surface area contributed by atoms with Crippen LogP contribution in [-0.2, 0) is 4.79 Å². The number of amides is 1. The van der Waals surface area contributed by atoms with Crippen molar-refractivity contribution in [1.29, 1.82) is 5.26 Å². The van der Waals surface area contributed by atoms with Crippen molar-refractivity contribution in [3.05, 3.63) is 41.8 Å². The van der Waals surface area contributed by atoms with Gasteiger partial charge in [-0.15, -0.1) is 0 Å². The Hall–Kier alpha value is -3.18. The number of benzene rings is 1. The van der Waals surface area contributed by atoms with Gasteiger partial charge in [0.2, 0.25) is 5.91 Å². The number of nitrogens with zero attached hydrogens (tertiary/aromatic N) is 7. The molecule has 1 fully saturated rings. The Labute approximate surface area is 160 Å². The molecule has 0 saturated carbocycles. The molecule has 3 aromatic rings. The lowest BCUT2D eigenvalue weighted by molar-refractivity contribution is -0.130. The van der Waals surface area contributed by atoms with E-state index >= 15 is 0 Å². The number of carbonyl (C=O) groups is 1. The molecule has 1 amide bonds. The first-order valence-electron chi connectivity index (χ1n) is 8.52. The van der Waals surface area contributed by atoms with Gasteiger partial charge in [-0.3, -0.25) is 4.79 Å². The first-order chi connectivity index (χ1) is 13.2. The molecule has 0 atom stereocenters. The molecule has 0 bridgehead atoms. The molecule has 0 aliphatic carbocycles. The highest BCUT2D eigenvalue weighted by Crippen LogP contribution is 2.26. The minimum absolute atomic E-state index is 0.0792. The molecule has 1 saturated heterocycles. The van der Waals surface area contributed by atoms with E-state index in [1.54, 1.807) is 15.8 Å². The summed E-state index contributed by atoms with van der Waals surface area (Å²) in [5.74, 6) is 0.666. The van der Waals surface area contributed by atoms with E-state index in [2.05, 4.69) is 20.0 Å². The van der Waals surface area contributed by atoms with Crippen LogP contribution in [0.2, 0.25) is 5.02 Å². The first kappa shape index (κ1) is 17.2. The maximum absolute atomic E-state index is 11.9. The molecule has 1 aliphatic rings. The van der Waals surface area contributed by atoms with E-state index in [1.165, 1.54) is 6.33 Å². The van der Waals surface area contributed by atoms with Gasteiger partial charge in [0, 0.05) is 31.2 Å². The van der Waals surface area contributed by atoms with Gasteiger partial charge >= 0.3 is 0 Å². The van der Waals surface area contributed by atoms with Crippen molar-refractivity contribution in [2.45, 2.75) is 6.42 Å². The number of rotatable bonds is 3. The second-order valence-electron chi connectivity index (χ2n) is 6.17. The van der Waals surface area contributed by atoms with E-state index in [1.807, 2.05) is 30.3 Å². The van der Waals surface area contributed by atoms with Crippen LogP contribution >= 0.6 is 11.6 Å². The van der Waals surface area contributed by atoms with Crippen molar-refractivity contribution in [2.24, 2.45) is 0 Å². The van der Waals surface area contributed by atoms with Crippen LogP contribution in [0, 0.1) is 11.3 Å².